The molecule has 0 atom stereocenters. The van der Waals surface area contributed by atoms with Crippen LogP contribution in [0.5, 0.6) is 5.75 Å². The molecule has 2 rings (SSSR count). The minimum atomic E-state index is -0.0637. The molecule has 0 spiro atoms. The highest BCUT2D eigenvalue weighted by Gasteiger charge is 2.25. The molecular formula is C14H20N2O3. The summed E-state index contributed by atoms with van der Waals surface area (Å²) < 4.78 is 10.9. The zero-order chi connectivity index (χ0) is 13.8. The molecule has 1 aliphatic rings. The number of fused-ring (bicyclic) bond motifs is 1. The van der Waals surface area contributed by atoms with E-state index in [0.29, 0.717) is 37.1 Å². The lowest BCUT2D eigenvalue weighted by Gasteiger charge is -2.29. The molecule has 0 aromatic heterocycles. The third-order valence-electron chi connectivity index (χ3n) is 2.84. The van der Waals surface area contributed by atoms with E-state index in [9.17, 15) is 4.79 Å². The first kappa shape index (κ1) is 13.7. The Kier molecular flexibility index (Phi) is 4.27. The maximum absolute atomic E-state index is 11.9. The summed E-state index contributed by atoms with van der Waals surface area (Å²) in [4.78, 5) is 13.6. The molecule has 1 heterocycles. The summed E-state index contributed by atoms with van der Waals surface area (Å²) in [6, 6.07) is 5.32. The molecule has 0 aliphatic carbocycles. The SMILES string of the molecule is CC(C)COCCN1C(=O)COc2ccc(N)cc21. The lowest BCUT2D eigenvalue weighted by atomic mass is 10.2. The van der Waals surface area contributed by atoms with Gasteiger partial charge in [0.25, 0.3) is 5.91 Å². The van der Waals surface area contributed by atoms with Crippen LogP contribution in [-0.4, -0.2) is 32.3 Å². The minimum absolute atomic E-state index is 0.0637. The lowest BCUT2D eigenvalue weighted by Crippen LogP contribution is -2.41. The Labute approximate surface area is 113 Å². The lowest BCUT2D eigenvalue weighted by molar-refractivity contribution is -0.121. The van der Waals surface area contributed by atoms with Crippen LogP contribution in [0.15, 0.2) is 18.2 Å². The van der Waals surface area contributed by atoms with Crippen molar-refractivity contribution >= 4 is 17.3 Å². The molecule has 1 amide bonds. The van der Waals surface area contributed by atoms with Crippen molar-refractivity contribution < 1.29 is 14.3 Å². The highest BCUT2D eigenvalue weighted by Crippen LogP contribution is 2.33. The van der Waals surface area contributed by atoms with Crippen molar-refractivity contribution in [3.63, 3.8) is 0 Å². The van der Waals surface area contributed by atoms with Gasteiger partial charge < -0.3 is 20.1 Å². The van der Waals surface area contributed by atoms with Gasteiger partial charge in [-0.25, -0.2) is 0 Å². The number of anilines is 2. The maximum Gasteiger partial charge on any atom is 0.265 e. The smallest absolute Gasteiger partial charge is 0.265 e. The van der Waals surface area contributed by atoms with Gasteiger partial charge >= 0.3 is 0 Å². The minimum Gasteiger partial charge on any atom is -0.482 e. The molecule has 1 aliphatic heterocycles. The van der Waals surface area contributed by atoms with E-state index in [1.54, 1.807) is 23.1 Å². The summed E-state index contributed by atoms with van der Waals surface area (Å²) in [5.41, 5.74) is 7.10. The third kappa shape index (κ3) is 3.38. The number of rotatable bonds is 5. The van der Waals surface area contributed by atoms with Crippen LogP contribution in [0.25, 0.3) is 0 Å². The Balaban J connectivity index is 2.03. The van der Waals surface area contributed by atoms with Crippen LogP contribution in [0.2, 0.25) is 0 Å². The average molecular weight is 264 g/mol. The number of benzene rings is 1. The van der Waals surface area contributed by atoms with Crippen LogP contribution in [-0.2, 0) is 9.53 Å². The van der Waals surface area contributed by atoms with Gasteiger partial charge in [0.1, 0.15) is 5.75 Å². The Hall–Kier alpha value is -1.75. The van der Waals surface area contributed by atoms with Crippen LogP contribution in [0, 0.1) is 5.92 Å². The van der Waals surface area contributed by atoms with Gasteiger partial charge in [0.15, 0.2) is 6.61 Å². The van der Waals surface area contributed by atoms with E-state index in [-0.39, 0.29) is 12.5 Å². The van der Waals surface area contributed by atoms with Gasteiger partial charge in [-0.15, -0.1) is 0 Å². The van der Waals surface area contributed by atoms with E-state index < -0.39 is 0 Å². The standard InChI is InChI=1S/C14H20N2O3/c1-10(2)8-18-6-5-16-12-7-11(15)3-4-13(12)19-9-14(16)17/h3-4,7,10H,5-6,8-9,15H2,1-2H3. The van der Waals surface area contributed by atoms with E-state index in [1.165, 1.54) is 0 Å². The second kappa shape index (κ2) is 5.93. The van der Waals surface area contributed by atoms with E-state index in [0.717, 1.165) is 5.69 Å². The second-order valence-corrected chi connectivity index (χ2v) is 5.03. The normalized spacial score (nSPS) is 14.5. The monoisotopic (exact) mass is 264 g/mol. The summed E-state index contributed by atoms with van der Waals surface area (Å²) in [5, 5.41) is 0. The van der Waals surface area contributed by atoms with E-state index in [1.807, 2.05) is 0 Å². The van der Waals surface area contributed by atoms with Crippen molar-refractivity contribution in [1.29, 1.82) is 0 Å². The zero-order valence-electron chi connectivity index (χ0n) is 11.4. The Bertz CT molecular complexity index is 460. The van der Waals surface area contributed by atoms with E-state index in [2.05, 4.69) is 13.8 Å². The molecule has 19 heavy (non-hydrogen) atoms. The fourth-order valence-corrected chi connectivity index (χ4v) is 1.94. The van der Waals surface area contributed by atoms with Crippen LogP contribution in [0.4, 0.5) is 11.4 Å². The van der Waals surface area contributed by atoms with Crippen LogP contribution in [0.3, 0.4) is 0 Å². The topological polar surface area (TPSA) is 64.8 Å². The van der Waals surface area contributed by atoms with Gasteiger partial charge in [0, 0.05) is 18.8 Å². The molecule has 0 saturated carbocycles. The number of nitrogens with two attached hydrogens (primary N) is 1. The van der Waals surface area contributed by atoms with Crippen LogP contribution >= 0.6 is 0 Å². The first-order valence-corrected chi connectivity index (χ1v) is 6.48. The van der Waals surface area contributed by atoms with Gasteiger partial charge in [-0.3, -0.25) is 4.79 Å². The molecule has 0 bridgehead atoms. The van der Waals surface area contributed by atoms with Crippen molar-refractivity contribution in [2.45, 2.75) is 13.8 Å². The number of carbonyl (C=O) groups excluding carboxylic acids is 1. The van der Waals surface area contributed by atoms with Crippen molar-refractivity contribution in [1.82, 2.24) is 0 Å². The predicted octanol–water partition coefficient (Wildman–Crippen LogP) is 1.67. The average Bonchev–Trinajstić information content (AvgIpc) is 2.36. The second-order valence-electron chi connectivity index (χ2n) is 5.03. The van der Waals surface area contributed by atoms with E-state index in [4.69, 9.17) is 15.2 Å². The molecular weight excluding hydrogens is 244 g/mol. The highest BCUT2D eigenvalue weighted by molar-refractivity contribution is 5.98. The van der Waals surface area contributed by atoms with Crippen LogP contribution in [0.1, 0.15) is 13.8 Å². The number of nitrogen functional groups attached to an aromatic ring is 1. The summed E-state index contributed by atoms with van der Waals surface area (Å²) in [6.07, 6.45) is 0. The molecule has 104 valence electrons. The van der Waals surface area contributed by atoms with Gasteiger partial charge in [-0.1, -0.05) is 13.8 Å². The maximum atomic E-state index is 11.9. The van der Waals surface area contributed by atoms with Crippen molar-refractivity contribution in [3.05, 3.63) is 18.2 Å². The third-order valence-corrected chi connectivity index (χ3v) is 2.84. The van der Waals surface area contributed by atoms with Gasteiger partial charge in [-0.05, 0) is 24.1 Å². The fraction of sp³-hybridized carbons (Fsp3) is 0.500. The quantitative estimate of drug-likeness (QED) is 0.649. The number of carbonyl (C=O) groups is 1. The molecule has 0 saturated heterocycles. The van der Waals surface area contributed by atoms with E-state index >= 15 is 0 Å². The Morgan fingerprint density at radius 3 is 3.00 bits per heavy atom. The number of hydrogen-bond donors (Lipinski definition) is 1. The van der Waals surface area contributed by atoms with Gasteiger partial charge in [0.05, 0.1) is 12.3 Å². The molecule has 5 heteroatoms. The van der Waals surface area contributed by atoms with Gasteiger partial charge in [-0.2, -0.15) is 0 Å². The molecule has 0 fully saturated rings. The number of hydrogen-bond acceptors (Lipinski definition) is 4. The van der Waals surface area contributed by atoms with Gasteiger partial charge in [0.2, 0.25) is 0 Å². The number of nitrogens with zero attached hydrogens (tertiary/aromatic N) is 1. The summed E-state index contributed by atoms with van der Waals surface area (Å²) in [6.45, 7) is 5.98. The zero-order valence-corrected chi connectivity index (χ0v) is 11.4. The summed E-state index contributed by atoms with van der Waals surface area (Å²) in [7, 11) is 0. The molecule has 5 nitrogen and oxygen atoms in total. The Morgan fingerprint density at radius 2 is 2.26 bits per heavy atom. The van der Waals surface area contributed by atoms with Crippen molar-refractivity contribution in [2.75, 3.05) is 37.0 Å². The largest absolute Gasteiger partial charge is 0.482 e. The molecule has 0 radical (unpaired) electrons. The summed E-state index contributed by atoms with van der Waals surface area (Å²) in [5.74, 6) is 1.12. The first-order valence-electron chi connectivity index (χ1n) is 6.48. The molecule has 0 unspecified atom stereocenters. The molecule has 1 aromatic rings. The molecule has 1 aromatic carbocycles. The highest BCUT2D eigenvalue weighted by atomic mass is 16.5. The summed E-state index contributed by atoms with van der Waals surface area (Å²) >= 11 is 0. The van der Waals surface area contributed by atoms with Crippen LogP contribution < -0.4 is 15.4 Å². The fourth-order valence-electron chi connectivity index (χ4n) is 1.94. The number of amides is 1. The predicted molar refractivity (Wildman–Crippen MR) is 74.4 cm³/mol. The van der Waals surface area contributed by atoms with Crippen molar-refractivity contribution in [3.8, 4) is 5.75 Å². The first-order chi connectivity index (χ1) is 9.08. The molecule has 2 N–H and O–H groups in total. The number of ether oxygens (including phenoxy) is 2. The Morgan fingerprint density at radius 1 is 1.47 bits per heavy atom. The van der Waals surface area contributed by atoms with Crippen molar-refractivity contribution in [2.24, 2.45) is 5.92 Å².